The van der Waals surface area contributed by atoms with Crippen molar-refractivity contribution in [1.82, 2.24) is 4.90 Å². The summed E-state index contributed by atoms with van der Waals surface area (Å²) in [7, 11) is -3.22. The molecule has 6 nitrogen and oxygen atoms in total. The van der Waals surface area contributed by atoms with Crippen LogP contribution >= 0.6 is 0 Å². The van der Waals surface area contributed by atoms with Gasteiger partial charge in [0.05, 0.1) is 25.0 Å². The lowest BCUT2D eigenvalue weighted by molar-refractivity contribution is -0.152. The smallest absolute Gasteiger partial charge is 0.249 e. The van der Waals surface area contributed by atoms with Crippen molar-refractivity contribution in [3.63, 3.8) is 0 Å². The molecule has 2 heterocycles. The molecule has 0 aromatic carbocycles. The minimum Gasteiger partial charge on any atom is -0.394 e. The molecule has 0 spiro atoms. The zero-order valence-corrected chi connectivity index (χ0v) is 10.4. The topological polar surface area (TPSA) is 83.9 Å². The van der Waals surface area contributed by atoms with Gasteiger partial charge in [-0.2, -0.15) is 0 Å². The number of aliphatic hydroxyl groups is 1. The number of nitrogens with zero attached hydrogens (tertiary/aromatic N) is 1. The lowest BCUT2D eigenvalue weighted by atomic mass is 10.2. The first-order chi connectivity index (χ1) is 8.04. The first-order valence-electron chi connectivity index (χ1n) is 5.78. The van der Waals surface area contributed by atoms with Gasteiger partial charge >= 0.3 is 0 Å². The second-order valence-electron chi connectivity index (χ2n) is 4.48. The van der Waals surface area contributed by atoms with Crippen LogP contribution in [0, 0.1) is 0 Å². The summed E-state index contributed by atoms with van der Waals surface area (Å²) in [4.78, 5) is 13.1. The minimum atomic E-state index is -3.22. The van der Waals surface area contributed by atoms with Crippen LogP contribution in [0.15, 0.2) is 0 Å². The highest BCUT2D eigenvalue weighted by atomic mass is 32.2. The Hall–Kier alpha value is -0.660. The van der Waals surface area contributed by atoms with Crippen LogP contribution in [0.2, 0.25) is 0 Å². The molecule has 1 N–H and O–H groups in total. The zero-order valence-electron chi connectivity index (χ0n) is 9.54. The normalized spacial score (nSPS) is 33.7. The summed E-state index contributed by atoms with van der Waals surface area (Å²) in [6.07, 6.45) is 1.51. The first-order valence-corrected chi connectivity index (χ1v) is 7.49. The van der Waals surface area contributed by atoms with Crippen LogP contribution in [0.1, 0.15) is 19.3 Å². The van der Waals surface area contributed by atoms with E-state index in [1.807, 2.05) is 0 Å². The molecule has 2 aliphatic rings. The summed E-state index contributed by atoms with van der Waals surface area (Å²) in [5.74, 6) is -0.156. The van der Waals surface area contributed by atoms with E-state index in [1.54, 1.807) is 0 Å². The monoisotopic (exact) mass is 263 g/mol. The Bertz CT molecular complexity index is 394. The summed E-state index contributed by atoms with van der Waals surface area (Å²) >= 11 is 0. The Kier molecular flexibility index (Phi) is 3.70. The zero-order chi connectivity index (χ0) is 12.5. The molecule has 2 fully saturated rings. The molecular weight excluding hydrogens is 246 g/mol. The van der Waals surface area contributed by atoms with Gasteiger partial charge in [0.15, 0.2) is 9.84 Å². The van der Waals surface area contributed by atoms with Crippen molar-refractivity contribution in [3.8, 4) is 0 Å². The molecule has 0 bridgehead atoms. The molecule has 7 heteroatoms. The summed E-state index contributed by atoms with van der Waals surface area (Å²) in [5, 5.41) is 8.29. The standard InChI is InChI=1S/C10H17NO5S/c12-6-8-5-11(9(13)7-16-8)10-3-1-2-4-17(10,14)15/h8,10,12H,1-7H2. The molecule has 98 valence electrons. The summed E-state index contributed by atoms with van der Waals surface area (Å²) in [6.45, 7) is -0.174. The Labute approximate surface area is 100 Å². The molecule has 0 saturated carbocycles. The molecule has 17 heavy (non-hydrogen) atoms. The number of carbonyl (C=O) groups is 1. The van der Waals surface area contributed by atoms with Gasteiger partial charge < -0.3 is 14.7 Å². The largest absolute Gasteiger partial charge is 0.394 e. The average molecular weight is 263 g/mol. The van der Waals surface area contributed by atoms with Crippen LogP contribution in [0.3, 0.4) is 0 Å². The van der Waals surface area contributed by atoms with Crippen molar-refractivity contribution in [2.75, 3.05) is 25.5 Å². The van der Waals surface area contributed by atoms with Crippen molar-refractivity contribution in [3.05, 3.63) is 0 Å². The molecule has 1 amide bonds. The molecule has 0 radical (unpaired) electrons. The maximum atomic E-state index is 11.9. The fraction of sp³-hybridized carbons (Fsp3) is 0.900. The fourth-order valence-electron chi connectivity index (χ4n) is 2.32. The van der Waals surface area contributed by atoms with Gasteiger partial charge in [0, 0.05) is 0 Å². The number of sulfone groups is 1. The van der Waals surface area contributed by atoms with Crippen molar-refractivity contribution in [2.24, 2.45) is 0 Å². The predicted molar refractivity (Wildman–Crippen MR) is 60.0 cm³/mol. The number of carbonyl (C=O) groups excluding carboxylic acids is 1. The minimum absolute atomic E-state index is 0.142. The Morgan fingerprint density at radius 2 is 2.18 bits per heavy atom. The van der Waals surface area contributed by atoms with Crippen LogP contribution in [0.4, 0.5) is 0 Å². The van der Waals surface area contributed by atoms with Crippen LogP contribution < -0.4 is 0 Å². The Morgan fingerprint density at radius 3 is 2.82 bits per heavy atom. The van der Waals surface area contributed by atoms with Gasteiger partial charge in [-0.15, -0.1) is 0 Å². The molecule has 2 unspecified atom stereocenters. The van der Waals surface area contributed by atoms with Crippen LogP contribution in [0.25, 0.3) is 0 Å². The van der Waals surface area contributed by atoms with E-state index in [-0.39, 0.29) is 31.4 Å². The summed E-state index contributed by atoms with van der Waals surface area (Å²) in [5.41, 5.74) is 0. The SMILES string of the molecule is O=C1COC(CO)CN1C1CCCCS1(=O)=O. The number of rotatable bonds is 2. The number of hydrogen-bond acceptors (Lipinski definition) is 5. The first kappa shape index (κ1) is 12.8. The van der Waals surface area contributed by atoms with Gasteiger partial charge in [-0.25, -0.2) is 8.42 Å². The predicted octanol–water partition coefficient (Wildman–Crippen LogP) is -0.869. The van der Waals surface area contributed by atoms with Gasteiger partial charge in [-0.05, 0) is 19.3 Å². The van der Waals surface area contributed by atoms with Crippen molar-refractivity contribution in [1.29, 1.82) is 0 Å². The van der Waals surface area contributed by atoms with E-state index >= 15 is 0 Å². The molecule has 2 rings (SSSR count). The quantitative estimate of drug-likeness (QED) is 0.700. The third-order valence-electron chi connectivity index (χ3n) is 3.26. The van der Waals surface area contributed by atoms with Crippen LogP contribution in [-0.4, -0.2) is 61.3 Å². The average Bonchev–Trinajstić information content (AvgIpc) is 2.30. The maximum absolute atomic E-state index is 11.9. The van der Waals surface area contributed by atoms with E-state index in [0.717, 1.165) is 6.42 Å². The van der Waals surface area contributed by atoms with E-state index < -0.39 is 21.3 Å². The highest BCUT2D eigenvalue weighted by Gasteiger charge is 2.39. The van der Waals surface area contributed by atoms with E-state index in [9.17, 15) is 13.2 Å². The fourth-order valence-corrected chi connectivity index (χ4v) is 4.32. The number of morpholine rings is 1. The van der Waals surface area contributed by atoms with Gasteiger partial charge in [0.2, 0.25) is 5.91 Å². The van der Waals surface area contributed by atoms with E-state index in [2.05, 4.69) is 0 Å². The summed E-state index contributed by atoms with van der Waals surface area (Å²) in [6, 6.07) is 0. The second kappa shape index (κ2) is 4.91. The van der Waals surface area contributed by atoms with Crippen molar-refractivity contribution >= 4 is 15.7 Å². The molecule has 2 saturated heterocycles. The highest BCUT2D eigenvalue weighted by molar-refractivity contribution is 7.92. The van der Waals surface area contributed by atoms with Gasteiger partial charge in [-0.1, -0.05) is 0 Å². The van der Waals surface area contributed by atoms with Gasteiger partial charge in [0.1, 0.15) is 12.0 Å². The number of ether oxygens (including phenoxy) is 1. The number of aliphatic hydroxyl groups excluding tert-OH is 1. The lowest BCUT2D eigenvalue weighted by Gasteiger charge is -2.38. The van der Waals surface area contributed by atoms with E-state index in [4.69, 9.17) is 9.84 Å². The molecule has 2 aliphatic heterocycles. The van der Waals surface area contributed by atoms with Crippen LogP contribution in [0.5, 0.6) is 0 Å². The van der Waals surface area contributed by atoms with Crippen molar-refractivity contribution in [2.45, 2.75) is 30.7 Å². The molecule has 0 aromatic rings. The lowest BCUT2D eigenvalue weighted by Crippen LogP contribution is -2.55. The number of hydrogen-bond donors (Lipinski definition) is 1. The maximum Gasteiger partial charge on any atom is 0.249 e. The third-order valence-corrected chi connectivity index (χ3v) is 5.44. The van der Waals surface area contributed by atoms with Crippen molar-refractivity contribution < 1.29 is 23.1 Å². The van der Waals surface area contributed by atoms with Gasteiger partial charge in [-0.3, -0.25) is 4.79 Å². The van der Waals surface area contributed by atoms with E-state index in [1.165, 1.54) is 4.90 Å². The van der Waals surface area contributed by atoms with E-state index in [0.29, 0.717) is 12.8 Å². The number of amides is 1. The van der Waals surface area contributed by atoms with Crippen LogP contribution in [-0.2, 0) is 19.4 Å². The molecule has 0 aromatic heterocycles. The molecule has 0 aliphatic carbocycles. The third kappa shape index (κ3) is 2.61. The Morgan fingerprint density at radius 1 is 1.41 bits per heavy atom. The van der Waals surface area contributed by atoms with Gasteiger partial charge in [0.25, 0.3) is 0 Å². The highest BCUT2D eigenvalue weighted by Crippen LogP contribution is 2.24. The summed E-state index contributed by atoms with van der Waals surface area (Å²) < 4.78 is 28.9. The molecule has 2 atom stereocenters. The Balaban J connectivity index is 2.16. The second-order valence-corrected chi connectivity index (χ2v) is 6.76. The molecular formula is C10H17NO5S.